The van der Waals surface area contributed by atoms with Crippen LogP contribution in [0.3, 0.4) is 0 Å². The molecule has 0 aliphatic carbocycles. The third-order valence-corrected chi connectivity index (χ3v) is 2.07. The van der Waals surface area contributed by atoms with Gasteiger partial charge in [0.05, 0.1) is 13.7 Å². The number of hydrogen-bond donors (Lipinski definition) is 1. The van der Waals surface area contributed by atoms with Crippen molar-refractivity contribution in [3.8, 4) is 0 Å². The number of imide groups is 1. The summed E-state index contributed by atoms with van der Waals surface area (Å²) in [4.78, 5) is 34.5. The summed E-state index contributed by atoms with van der Waals surface area (Å²) >= 11 is 0. The van der Waals surface area contributed by atoms with E-state index in [1.54, 1.807) is 6.92 Å². The first-order chi connectivity index (χ1) is 7.04. The lowest BCUT2D eigenvalue weighted by Crippen LogP contribution is -2.54. The van der Waals surface area contributed by atoms with Gasteiger partial charge in [0.2, 0.25) is 11.8 Å². The van der Waals surface area contributed by atoms with Gasteiger partial charge in [0.25, 0.3) is 0 Å². The quantitative estimate of drug-likeness (QED) is 0.362. The van der Waals surface area contributed by atoms with Crippen LogP contribution < -0.4 is 5.32 Å². The SMILES string of the molecule is COC(=O)C=CN1CC(=O)NC(=O)C1C. The molecule has 0 bridgehead atoms. The second-order valence-corrected chi connectivity index (χ2v) is 3.10. The first kappa shape index (κ1) is 11.2. The summed E-state index contributed by atoms with van der Waals surface area (Å²) in [6.07, 6.45) is 2.55. The molecule has 1 aliphatic rings. The van der Waals surface area contributed by atoms with Crippen LogP contribution in [0, 0.1) is 0 Å². The van der Waals surface area contributed by atoms with Gasteiger partial charge < -0.3 is 9.64 Å². The molecular weight excluding hydrogens is 200 g/mol. The second-order valence-electron chi connectivity index (χ2n) is 3.10. The Hall–Kier alpha value is -1.85. The van der Waals surface area contributed by atoms with Crippen molar-refractivity contribution >= 4 is 17.8 Å². The highest BCUT2D eigenvalue weighted by molar-refractivity contribution is 6.01. The minimum absolute atomic E-state index is 0.0560. The smallest absolute Gasteiger partial charge is 0.331 e. The van der Waals surface area contributed by atoms with Crippen LogP contribution in [0.25, 0.3) is 0 Å². The first-order valence-electron chi connectivity index (χ1n) is 4.40. The third kappa shape index (κ3) is 2.80. The molecule has 0 aromatic rings. The highest BCUT2D eigenvalue weighted by atomic mass is 16.5. The summed E-state index contributed by atoms with van der Waals surface area (Å²) in [5.41, 5.74) is 0. The first-order valence-corrected chi connectivity index (χ1v) is 4.40. The maximum atomic E-state index is 11.2. The molecule has 1 aliphatic heterocycles. The van der Waals surface area contributed by atoms with Gasteiger partial charge in [-0.25, -0.2) is 4.79 Å². The maximum absolute atomic E-state index is 11.2. The third-order valence-electron chi connectivity index (χ3n) is 2.07. The van der Waals surface area contributed by atoms with Crippen molar-refractivity contribution in [2.24, 2.45) is 0 Å². The molecule has 0 aromatic carbocycles. The number of carbonyl (C=O) groups is 3. The molecule has 1 heterocycles. The van der Waals surface area contributed by atoms with E-state index in [0.717, 1.165) is 0 Å². The Morgan fingerprint density at radius 3 is 2.87 bits per heavy atom. The molecule has 1 N–H and O–H groups in total. The van der Waals surface area contributed by atoms with E-state index in [1.807, 2.05) is 0 Å². The van der Waals surface area contributed by atoms with Gasteiger partial charge in [-0.2, -0.15) is 0 Å². The largest absolute Gasteiger partial charge is 0.466 e. The van der Waals surface area contributed by atoms with Crippen LogP contribution in [0.5, 0.6) is 0 Å². The highest BCUT2D eigenvalue weighted by Crippen LogP contribution is 2.04. The van der Waals surface area contributed by atoms with Crippen molar-refractivity contribution in [2.45, 2.75) is 13.0 Å². The molecule has 0 radical (unpaired) electrons. The minimum atomic E-state index is -0.527. The highest BCUT2D eigenvalue weighted by Gasteiger charge is 2.27. The van der Waals surface area contributed by atoms with Gasteiger partial charge in [0.15, 0.2) is 0 Å². The van der Waals surface area contributed by atoms with Crippen LogP contribution in [0.1, 0.15) is 6.92 Å². The van der Waals surface area contributed by atoms with Crippen LogP contribution in [-0.4, -0.2) is 42.4 Å². The molecule has 1 saturated heterocycles. The normalized spacial score (nSPS) is 21.7. The predicted octanol–water partition coefficient (Wildman–Crippen LogP) is -0.980. The van der Waals surface area contributed by atoms with Crippen molar-refractivity contribution in [3.05, 3.63) is 12.3 Å². The standard InChI is InChI=1S/C9H12N2O4/c1-6-9(14)10-7(12)5-11(6)4-3-8(13)15-2/h3-4,6H,5H2,1-2H3,(H,10,12,14). The Balaban J connectivity index is 2.67. The Morgan fingerprint density at radius 1 is 1.60 bits per heavy atom. The Kier molecular flexibility index (Phi) is 3.43. The monoisotopic (exact) mass is 212 g/mol. The van der Waals surface area contributed by atoms with Gasteiger partial charge in [-0.15, -0.1) is 0 Å². The Labute approximate surface area is 86.9 Å². The number of nitrogens with one attached hydrogen (secondary N) is 1. The Bertz CT molecular complexity index is 324. The average molecular weight is 212 g/mol. The summed E-state index contributed by atoms with van der Waals surface area (Å²) in [7, 11) is 1.25. The summed E-state index contributed by atoms with van der Waals surface area (Å²) in [5.74, 6) is -1.28. The van der Waals surface area contributed by atoms with E-state index in [1.165, 1.54) is 24.3 Å². The van der Waals surface area contributed by atoms with E-state index in [4.69, 9.17) is 0 Å². The molecule has 6 nitrogen and oxygen atoms in total. The summed E-state index contributed by atoms with van der Waals surface area (Å²) in [5, 5.41) is 2.19. The van der Waals surface area contributed by atoms with Crippen molar-refractivity contribution in [2.75, 3.05) is 13.7 Å². The van der Waals surface area contributed by atoms with Gasteiger partial charge in [-0.1, -0.05) is 0 Å². The molecule has 1 atom stereocenters. The summed E-state index contributed by atoms with van der Waals surface area (Å²) in [6.45, 7) is 1.70. The molecule has 1 fully saturated rings. The van der Waals surface area contributed by atoms with Gasteiger partial charge >= 0.3 is 5.97 Å². The van der Waals surface area contributed by atoms with Crippen molar-refractivity contribution in [3.63, 3.8) is 0 Å². The number of rotatable bonds is 2. The van der Waals surface area contributed by atoms with Gasteiger partial charge in [0.1, 0.15) is 6.04 Å². The number of amides is 2. The molecule has 82 valence electrons. The zero-order valence-electron chi connectivity index (χ0n) is 8.52. The van der Waals surface area contributed by atoms with Crippen LogP contribution in [-0.2, 0) is 19.1 Å². The topological polar surface area (TPSA) is 75.7 Å². The van der Waals surface area contributed by atoms with Crippen molar-refractivity contribution in [1.29, 1.82) is 0 Å². The number of hydrogen-bond acceptors (Lipinski definition) is 5. The maximum Gasteiger partial charge on any atom is 0.331 e. The van der Waals surface area contributed by atoms with Gasteiger partial charge in [-0.3, -0.25) is 14.9 Å². The fourth-order valence-corrected chi connectivity index (χ4v) is 1.14. The van der Waals surface area contributed by atoms with Gasteiger partial charge in [-0.05, 0) is 6.92 Å². The number of esters is 1. The van der Waals surface area contributed by atoms with E-state index in [2.05, 4.69) is 10.1 Å². The molecule has 1 unspecified atom stereocenters. The van der Waals surface area contributed by atoms with E-state index < -0.39 is 12.0 Å². The fraction of sp³-hybridized carbons (Fsp3) is 0.444. The van der Waals surface area contributed by atoms with Crippen LogP contribution in [0.2, 0.25) is 0 Å². The van der Waals surface area contributed by atoms with Crippen LogP contribution >= 0.6 is 0 Å². The zero-order valence-corrected chi connectivity index (χ0v) is 8.52. The number of ether oxygens (including phenoxy) is 1. The average Bonchev–Trinajstić information content (AvgIpc) is 2.20. The van der Waals surface area contributed by atoms with E-state index in [9.17, 15) is 14.4 Å². The molecule has 6 heteroatoms. The predicted molar refractivity (Wildman–Crippen MR) is 50.5 cm³/mol. The van der Waals surface area contributed by atoms with E-state index in [0.29, 0.717) is 0 Å². The summed E-state index contributed by atoms with van der Waals surface area (Å²) in [6, 6.07) is -0.469. The zero-order chi connectivity index (χ0) is 11.4. The molecule has 15 heavy (non-hydrogen) atoms. The number of methoxy groups -OCH3 is 1. The lowest BCUT2D eigenvalue weighted by molar-refractivity contribution is -0.139. The van der Waals surface area contributed by atoms with E-state index in [-0.39, 0.29) is 18.4 Å². The molecule has 2 amide bonds. The number of carbonyl (C=O) groups excluding carboxylic acids is 3. The van der Waals surface area contributed by atoms with Crippen molar-refractivity contribution in [1.82, 2.24) is 10.2 Å². The lowest BCUT2D eigenvalue weighted by atomic mass is 10.2. The van der Waals surface area contributed by atoms with Crippen molar-refractivity contribution < 1.29 is 19.1 Å². The molecule has 1 rings (SSSR count). The van der Waals surface area contributed by atoms with Crippen LogP contribution in [0.4, 0.5) is 0 Å². The van der Waals surface area contributed by atoms with E-state index >= 15 is 0 Å². The number of nitrogens with zero attached hydrogens (tertiary/aromatic N) is 1. The fourth-order valence-electron chi connectivity index (χ4n) is 1.14. The lowest BCUT2D eigenvalue weighted by Gasteiger charge is -2.30. The second kappa shape index (κ2) is 4.59. The minimum Gasteiger partial charge on any atom is -0.466 e. The summed E-state index contributed by atoms with van der Waals surface area (Å²) < 4.78 is 4.39. The molecular formula is C9H12N2O4. The molecule has 0 saturated carbocycles. The van der Waals surface area contributed by atoms with Gasteiger partial charge in [0, 0.05) is 12.3 Å². The molecule has 0 spiro atoms. The number of piperazine rings is 1. The molecule has 0 aromatic heterocycles. The Morgan fingerprint density at radius 2 is 2.27 bits per heavy atom. The van der Waals surface area contributed by atoms with Crippen LogP contribution in [0.15, 0.2) is 12.3 Å².